The van der Waals surface area contributed by atoms with Crippen molar-refractivity contribution in [3.05, 3.63) is 29.8 Å². The molecule has 0 radical (unpaired) electrons. The summed E-state index contributed by atoms with van der Waals surface area (Å²) in [6, 6.07) is 8.05. The van der Waals surface area contributed by atoms with Crippen LogP contribution in [0.1, 0.15) is 25.8 Å². The van der Waals surface area contributed by atoms with Crippen LogP contribution in [-0.2, 0) is 15.0 Å². The van der Waals surface area contributed by atoms with E-state index in [-0.39, 0.29) is 17.7 Å². The first-order valence-corrected chi connectivity index (χ1v) is 9.34. The fraction of sp³-hybridized carbons (Fsp3) is 0.600. The highest BCUT2D eigenvalue weighted by Gasteiger charge is 2.70. The van der Waals surface area contributed by atoms with Crippen molar-refractivity contribution in [3.63, 3.8) is 0 Å². The fourth-order valence-corrected chi connectivity index (χ4v) is 4.44. The zero-order valence-electron chi connectivity index (χ0n) is 15.4. The molecule has 1 aliphatic carbocycles. The molecule has 2 heterocycles. The van der Waals surface area contributed by atoms with Crippen molar-refractivity contribution >= 4 is 17.5 Å². The lowest BCUT2D eigenvalue weighted by Crippen LogP contribution is -2.48. The summed E-state index contributed by atoms with van der Waals surface area (Å²) in [5.41, 5.74) is 1.48. The fourth-order valence-electron chi connectivity index (χ4n) is 4.44. The Bertz CT molecular complexity index is 709. The third kappa shape index (κ3) is 2.48. The van der Waals surface area contributed by atoms with Gasteiger partial charge < -0.3 is 14.7 Å². The number of para-hydroxylation sites is 1. The third-order valence-electron chi connectivity index (χ3n) is 5.92. The summed E-state index contributed by atoms with van der Waals surface area (Å²) >= 11 is 0. The number of fused-ring (bicyclic) bond motifs is 2. The van der Waals surface area contributed by atoms with Crippen LogP contribution in [0.15, 0.2) is 24.3 Å². The van der Waals surface area contributed by atoms with E-state index >= 15 is 0 Å². The Labute approximate surface area is 149 Å². The number of benzene rings is 1. The normalized spacial score (nSPS) is 28.8. The topological polar surface area (TPSA) is 43.9 Å². The summed E-state index contributed by atoms with van der Waals surface area (Å²) in [7, 11) is 2.08. The predicted octanol–water partition coefficient (Wildman–Crippen LogP) is 1.72. The van der Waals surface area contributed by atoms with Gasteiger partial charge in [-0.25, -0.2) is 0 Å². The minimum Gasteiger partial charge on any atom is -0.340 e. The molecule has 3 aliphatic rings. The van der Waals surface area contributed by atoms with Crippen molar-refractivity contribution in [1.82, 2.24) is 9.80 Å². The highest BCUT2D eigenvalue weighted by Crippen LogP contribution is 2.62. The summed E-state index contributed by atoms with van der Waals surface area (Å²) in [4.78, 5) is 32.4. The van der Waals surface area contributed by atoms with Gasteiger partial charge in [0.15, 0.2) is 0 Å². The molecule has 25 heavy (non-hydrogen) atoms. The van der Waals surface area contributed by atoms with E-state index in [0.717, 1.165) is 37.4 Å². The van der Waals surface area contributed by atoms with Crippen LogP contribution in [0.3, 0.4) is 0 Å². The molecular weight excluding hydrogens is 314 g/mol. The van der Waals surface area contributed by atoms with Gasteiger partial charge in [-0.2, -0.15) is 0 Å². The second-order valence-electron chi connectivity index (χ2n) is 8.18. The Morgan fingerprint density at radius 1 is 1.20 bits per heavy atom. The Morgan fingerprint density at radius 3 is 2.56 bits per heavy atom. The van der Waals surface area contributed by atoms with Gasteiger partial charge in [-0.15, -0.1) is 0 Å². The van der Waals surface area contributed by atoms with Gasteiger partial charge in [0.25, 0.3) is 0 Å². The molecule has 2 aliphatic heterocycles. The van der Waals surface area contributed by atoms with E-state index in [1.165, 1.54) is 0 Å². The zero-order valence-corrected chi connectivity index (χ0v) is 15.4. The number of piperazine rings is 1. The van der Waals surface area contributed by atoms with Gasteiger partial charge in [-0.05, 0) is 31.0 Å². The first-order valence-electron chi connectivity index (χ1n) is 9.34. The van der Waals surface area contributed by atoms with Crippen LogP contribution in [0, 0.1) is 11.8 Å². The standard InChI is InChI=1S/C20H27N3O2/c1-14(2)13-23-17-7-5-4-6-15(17)20(19(23)25)12-16(20)18(24)22-10-8-21(3)9-11-22/h4-7,14,16H,8-13H2,1-3H3/t16-,20+/m0/s1. The molecule has 4 rings (SSSR count). The monoisotopic (exact) mass is 341 g/mol. The summed E-state index contributed by atoms with van der Waals surface area (Å²) in [6.07, 6.45) is 0.669. The number of carbonyl (C=O) groups excluding carboxylic acids is 2. The minimum absolute atomic E-state index is 0.134. The number of likely N-dealkylation sites (N-methyl/N-ethyl adjacent to an activating group) is 1. The second kappa shape index (κ2) is 5.84. The van der Waals surface area contributed by atoms with Gasteiger partial charge in [-0.3, -0.25) is 9.59 Å². The Balaban J connectivity index is 1.60. The number of amides is 2. The van der Waals surface area contributed by atoms with E-state index in [4.69, 9.17) is 0 Å². The maximum absolute atomic E-state index is 13.3. The molecule has 0 bridgehead atoms. The van der Waals surface area contributed by atoms with Crippen molar-refractivity contribution in [1.29, 1.82) is 0 Å². The molecule has 2 fully saturated rings. The van der Waals surface area contributed by atoms with Crippen LogP contribution in [0.25, 0.3) is 0 Å². The maximum atomic E-state index is 13.3. The van der Waals surface area contributed by atoms with Crippen LogP contribution in [-0.4, -0.2) is 61.4 Å². The van der Waals surface area contributed by atoms with E-state index in [2.05, 4.69) is 25.8 Å². The number of rotatable bonds is 3. The molecule has 5 nitrogen and oxygen atoms in total. The molecule has 1 saturated carbocycles. The van der Waals surface area contributed by atoms with Crippen molar-refractivity contribution in [2.24, 2.45) is 11.8 Å². The van der Waals surface area contributed by atoms with Crippen LogP contribution >= 0.6 is 0 Å². The van der Waals surface area contributed by atoms with E-state index in [1.54, 1.807) is 0 Å². The van der Waals surface area contributed by atoms with Gasteiger partial charge in [0.1, 0.15) is 0 Å². The van der Waals surface area contributed by atoms with Crippen LogP contribution in [0.4, 0.5) is 5.69 Å². The number of nitrogens with zero attached hydrogens (tertiary/aromatic N) is 3. The van der Waals surface area contributed by atoms with E-state index < -0.39 is 5.41 Å². The smallest absolute Gasteiger partial charge is 0.238 e. The van der Waals surface area contributed by atoms with Crippen molar-refractivity contribution in [2.45, 2.75) is 25.7 Å². The van der Waals surface area contributed by atoms with Crippen LogP contribution in [0.2, 0.25) is 0 Å². The average molecular weight is 341 g/mol. The molecule has 2 atom stereocenters. The molecule has 2 amide bonds. The third-order valence-corrected chi connectivity index (χ3v) is 5.92. The summed E-state index contributed by atoms with van der Waals surface area (Å²) in [6.45, 7) is 8.33. The van der Waals surface area contributed by atoms with E-state index in [0.29, 0.717) is 18.9 Å². The summed E-state index contributed by atoms with van der Waals surface area (Å²) in [5, 5.41) is 0. The van der Waals surface area contributed by atoms with Gasteiger partial charge in [-0.1, -0.05) is 32.0 Å². The van der Waals surface area contributed by atoms with Gasteiger partial charge in [0, 0.05) is 38.4 Å². The highest BCUT2D eigenvalue weighted by atomic mass is 16.2. The summed E-state index contributed by atoms with van der Waals surface area (Å²) < 4.78 is 0. The van der Waals surface area contributed by atoms with E-state index in [9.17, 15) is 9.59 Å². The first kappa shape index (κ1) is 16.6. The van der Waals surface area contributed by atoms with E-state index in [1.807, 2.05) is 34.1 Å². The van der Waals surface area contributed by atoms with Crippen LogP contribution < -0.4 is 4.90 Å². The predicted molar refractivity (Wildman–Crippen MR) is 97.5 cm³/mol. The number of hydrogen-bond donors (Lipinski definition) is 0. The quantitative estimate of drug-likeness (QED) is 0.841. The van der Waals surface area contributed by atoms with Crippen molar-refractivity contribution in [3.8, 4) is 0 Å². The SMILES string of the molecule is CC(C)CN1C(=O)[C@]2(C[C@H]2C(=O)N2CCN(C)CC2)c2ccccc21. The Hall–Kier alpha value is -1.88. The molecule has 134 valence electrons. The lowest BCUT2D eigenvalue weighted by molar-refractivity contribution is -0.136. The molecule has 0 N–H and O–H groups in total. The molecule has 0 aromatic heterocycles. The lowest BCUT2D eigenvalue weighted by atomic mass is 9.94. The van der Waals surface area contributed by atoms with Crippen molar-refractivity contribution < 1.29 is 9.59 Å². The molecule has 1 aromatic rings. The highest BCUT2D eigenvalue weighted by molar-refractivity contribution is 6.14. The number of carbonyl (C=O) groups is 2. The molecular formula is C20H27N3O2. The molecule has 1 aromatic carbocycles. The van der Waals surface area contributed by atoms with Crippen molar-refractivity contribution in [2.75, 3.05) is 44.7 Å². The lowest BCUT2D eigenvalue weighted by Gasteiger charge is -2.33. The average Bonchev–Trinajstić information content (AvgIpc) is 3.31. The molecule has 5 heteroatoms. The number of hydrogen-bond acceptors (Lipinski definition) is 3. The molecule has 1 saturated heterocycles. The Kier molecular flexibility index (Phi) is 3.87. The molecule has 1 spiro atoms. The zero-order chi connectivity index (χ0) is 17.8. The first-order chi connectivity index (χ1) is 11.9. The van der Waals surface area contributed by atoms with Gasteiger partial charge in [0.05, 0.1) is 11.3 Å². The van der Waals surface area contributed by atoms with Gasteiger partial charge >= 0.3 is 0 Å². The van der Waals surface area contributed by atoms with Gasteiger partial charge in [0.2, 0.25) is 11.8 Å². The minimum atomic E-state index is -0.591. The van der Waals surface area contributed by atoms with Crippen LogP contribution in [0.5, 0.6) is 0 Å². The Morgan fingerprint density at radius 2 is 1.88 bits per heavy atom. The maximum Gasteiger partial charge on any atom is 0.238 e. The molecule has 0 unspecified atom stereocenters. The largest absolute Gasteiger partial charge is 0.340 e. The second-order valence-corrected chi connectivity index (χ2v) is 8.18. The summed E-state index contributed by atoms with van der Waals surface area (Å²) in [5.74, 6) is 0.525. The number of anilines is 1.